The van der Waals surface area contributed by atoms with Crippen molar-refractivity contribution in [2.24, 2.45) is 5.73 Å². The van der Waals surface area contributed by atoms with E-state index in [1.54, 1.807) is 0 Å². The number of aromatic nitrogens is 2. The van der Waals surface area contributed by atoms with E-state index in [9.17, 15) is 4.79 Å². The van der Waals surface area contributed by atoms with Gasteiger partial charge in [0.25, 0.3) is 12.4 Å². The third-order valence-electron chi connectivity index (χ3n) is 3.43. The van der Waals surface area contributed by atoms with Crippen LogP contribution in [-0.2, 0) is 4.79 Å². The van der Waals surface area contributed by atoms with Crippen molar-refractivity contribution in [3.8, 4) is 0 Å². The molecule has 108 valence electrons. The van der Waals surface area contributed by atoms with E-state index < -0.39 is 5.91 Å². The number of nitrogens with one attached hydrogen (secondary N) is 1. The van der Waals surface area contributed by atoms with Crippen LogP contribution in [0.25, 0.3) is 0 Å². The first-order valence-corrected chi connectivity index (χ1v) is 6.30. The van der Waals surface area contributed by atoms with E-state index >= 15 is 0 Å². The van der Waals surface area contributed by atoms with Gasteiger partial charge >= 0.3 is 0 Å². The second-order valence-electron chi connectivity index (χ2n) is 4.87. The zero-order chi connectivity index (χ0) is 14.6. The number of hydrogen-bond acceptors (Lipinski definition) is 6. The molecule has 0 aromatic carbocycles. The Kier molecular flexibility index (Phi) is 4.14. The number of carbonyl (C=O) groups excluding carboxylic acids is 1. The fourth-order valence-electron chi connectivity index (χ4n) is 2.22. The highest BCUT2D eigenvalue weighted by Crippen LogP contribution is 2.38. The molecule has 2 fully saturated rings. The molecule has 8 nitrogen and oxygen atoms in total. The molecule has 0 atom stereocenters. The number of hydrogen-bond donors (Lipinski definition) is 3. The van der Waals surface area contributed by atoms with Crippen LogP contribution >= 0.6 is 0 Å². The van der Waals surface area contributed by atoms with Crippen molar-refractivity contribution in [1.29, 1.82) is 0 Å². The molecule has 1 amide bonds. The Labute approximate surface area is 116 Å². The quantitative estimate of drug-likeness (QED) is 0.607. The second-order valence-corrected chi connectivity index (χ2v) is 4.87. The number of carboxylic acid groups (broad SMARTS) is 1. The third kappa shape index (κ3) is 3.21. The molecule has 1 aliphatic carbocycles. The first-order chi connectivity index (χ1) is 9.60. The molecular weight excluding hydrogens is 262 g/mol. The first kappa shape index (κ1) is 14.2. The zero-order valence-electron chi connectivity index (χ0n) is 11.0. The lowest BCUT2D eigenvalue weighted by Gasteiger charge is -2.33. The summed E-state index contributed by atoms with van der Waals surface area (Å²) in [4.78, 5) is 29.8. The predicted molar refractivity (Wildman–Crippen MR) is 71.4 cm³/mol. The number of primary amides is 1. The summed E-state index contributed by atoms with van der Waals surface area (Å²) >= 11 is 0. The number of rotatable bonds is 2. The molecule has 3 rings (SSSR count). The summed E-state index contributed by atoms with van der Waals surface area (Å²) in [6.07, 6.45) is 5.43. The maximum atomic E-state index is 10.9. The highest BCUT2D eigenvalue weighted by molar-refractivity contribution is 5.92. The van der Waals surface area contributed by atoms with Crippen molar-refractivity contribution in [2.45, 2.75) is 18.4 Å². The van der Waals surface area contributed by atoms with E-state index in [1.165, 1.54) is 25.2 Å². The minimum absolute atomic E-state index is 0.250. The van der Waals surface area contributed by atoms with Crippen molar-refractivity contribution >= 4 is 18.3 Å². The maximum absolute atomic E-state index is 10.9. The summed E-state index contributed by atoms with van der Waals surface area (Å²) in [6, 6.07) is 0. The van der Waals surface area contributed by atoms with Crippen molar-refractivity contribution in [3.63, 3.8) is 0 Å². The largest absolute Gasteiger partial charge is 0.483 e. The zero-order valence-corrected chi connectivity index (χ0v) is 11.0. The van der Waals surface area contributed by atoms with Gasteiger partial charge in [-0.15, -0.1) is 0 Å². The highest BCUT2D eigenvalue weighted by atomic mass is 16.3. The van der Waals surface area contributed by atoms with Gasteiger partial charge in [0.15, 0.2) is 0 Å². The first-order valence-electron chi connectivity index (χ1n) is 6.30. The number of amides is 1. The van der Waals surface area contributed by atoms with Crippen molar-refractivity contribution in [1.82, 2.24) is 15.3 Å². The van der Waals surface area contributed by atoms with E-state index in [0.717, 1.165) is 19.6 Å². The highest BCUT2D eigenvalue weighted by Gasteiger charge is 2.45. The third-order valence-corrected chi connectivity index (χ3v) is 3.43. The molecule has 1 saturated heterocycles. The van der Waals surface area contributed by atoms with Gasteiger partial charge < -0.3 is 21.1 Å². The monoisotopic (exact) mass is 279 g/mol. The summed E-state index contributed by atoms with van der Waals surface area (Å²) in [5, 5.41) is 10.4. The molecule has 0 bridgehead atoms. The van der Waals surface area contributed by atoms with Gasteiger partial charge in [-0.25, -0.2) is 9.97 Å². The molecule has 8 heteroatoms. The molecule has 4 N–H and O–H groups in total. The number of nitrogens with two attached hydrogens (primary N) is 1. The molecule has 1 aromatic rings. The molecule has 2 heterocycles. The Morgan fingerprint density at radius 3 is 2.55 bits per heavy atom. The summed E-state index contributed by atoms with van der Waals surface area (Å²) < 4.78 is 0. The lowest BCUT2D eigenvalue weighted by atomic mass is 10.2. The molecule has 1 aromatic heterocycles. The molecular formula is C12H17N5O3. The maximum Gasteiger partial charge on any atom is 0.290 e. The lowest BCUT2D eigenvalue weighted by Crippen LogP contribution is -2.53. The van der Waals surface area contributed by atoms with Gasteiger partial charge in [0, 0.05) is 37.6 Å². The van der Waals surface area contributed by atoms with Crippen molar-refractivity contribution < 1.29 is 14.7 Å². The Bertz CT molecular complexity index is 486. The Balaban J connectivity index is 0.000000452. The molecule has 1 saturated carbocycles. The summed E-state index contributed by atoms with van der Waals surface area (Å²) in [5.41, 5.74) is 5.80. The molecule has 1 aliphatic heterocycles. The minimum Gasteiger partial charge on any atom is -0.483 e. The van der Waals surface area contributed by atoms with Crippen LogP contribution in [0.2, 0.25) is 0 Å². The van der Waals surface area contributed by atoms with Crippen molar-refractivity contribution in [2.75, 3.05) is 24.5 Å². The number of piperazine rings is 1. The smallest absolute Gasteiger partial charge is 0.290 e. The standard InChI is InChI=1S/C11H15N5O.CH2O2/c12-9(17)8-5-13-10(14-6-8)16-4-3-15-11(7-16)1-2-11;2-1-3/h5-6,15H,1-4,7H2,(H2,12,17);1H,(H,2,3). The van der Waals surface area contributed by atoms with Crippen LogP contribution < -0.4 is 16.0 Å². The summed E-state index contributed by atoms with van der Waals surface area (Å²) in [6.45, 7) is 2.56. The molecule has 0 radical (unpaired) electrons. The van der Waals surface area contributed by atoms with Crippen LogP contribution in [0, 0.1) is 0 Å². The van der Waals surface area contributed by atoms with E-state index in [1.807, 2.05) is 0 Å². The van der Waals surface area contributed by atoms with E-state index in [2.05, 4.69) is 20.2 Å². The van der Waals surface area contributed by atoms with Crippen LogP contribution in [0.4, 0.5) is 5.95 Å². The van der Waals surface area contributed by atoms with Gasteiger partial charge in [-0.05, 0) is 12.8 Å². The lowest BCUT2D eigenvalue weighted by molar-refractivity contribution is -0.122. The van der Waals surface area contributed by atoms with E-state index in [0.29, 0.717) is 17.1 Å². The Hall–Kier alpha value is -2.22. The van der Waals surface area contributed by atoms with Crippen molar-refractivity contribution in [3.05, 3.63) is 18.0 Å². The molecule has 20 heavy (non-hydrogen) atoms. The Morgan fingerprint density at radius 2 is 2.05 bits per heavy atom. The number of nitrogens with zero attached hydrogens (tertiary/aromatic N) is 3. The van der Waals surface area contributed by atoms with Gasteiger partial charge in [-0.2, -0.15) is 0 Å². The normalized spacial score (nSPS) is 18.9. The van der Waals surface area contributed by atoms with E-state index in [-0.39, 0.29) is 6.47 Å². The predicted octanol–water partition coefficient (Wildman–Crippen LogP) is -0.781. The number of carbonyl (C=O) groups is 2. The van der Waals surface area contributed by atoms with Crippen LogP contribution in [0.1, 0.15) is 23.2 Å². The average Bonchev–Trinajstić information content (AvgIpc) is 3.19. The van der Waals surface area contributed by atoms with Gasteiger partial charge in [0.2, 0.25) is 5.95 Å². The van der Waals surface area contributed by atoms with Gasteiger partial charge in [-0.3, -0.25) is 9.59 Å². The molecule has 2 aliphatic rings. The number of anilines is 1. The van der Waals surface area contributed by atoms with Gasteiger partial charge in [0.1, 0.15) is 0 Å². The van der Waals surface area contributed by atoms with E-state index in [4.69, 9.17) is 15.6 Å². The summed E-state index contributed by atoms with van der Waals surface area (Å²) in [7, 11) is 0. The van der Waals surface area contributed by atoms with Crippen LogP contribution in [-0.4, -0.2) is 52.6 Å². The van der Waals surface area contributed by atoms with Crippen LogP contribution in [0.15, 0.2) is 12.4 Å². The molecule has 0 unspecified atom stereocenters. The second kappa shape index (κ2) is 5.83. The van der Waals surface area contributed by atoms with Crippen LogP contribution in [0.3, 0.4) is 0 Å². The Morgan fingerprint density at radius 1 is 1.45 bits per heavy atom. The van der Waals surface area contributed by atoms with Crippen LogP contribution in [0.5, 0.6) is 0 Å². The van der Waals surface area contributed by atoms with Gasteiger partial charge in [-0.1, -0.05) is 0 Å². The fraction of sp³-hybridized carbons (Fsp3) is 0.500. The topological polar surface area (TPSA) is 121 Å². The van der Waals surface area contributed by atoms with Gasteiger partial charge in [0.05, 0.1) is 5.56 Å². The SMILES string of the molecule is NC(=O)c1cnc(N2CCNC3(CC3)C2)nc1.O=CO. The molecule has 1 spiro atoms. The summed E-state index contributed by atoms with van der Waals surface area (Å²) in [5.74, 6) is 0.193. The fourth-order valence-corrected chi connectivity index (χ4v) is 2.22. The minimum atomic E-state index is -0.490. The average molecular weight is 279 g/mol.